The summed E-state index contributed by atoms with van der Waals surface area (Å²) in [6.07, 6.45) is 3.64. The summed E-state index contributed by atoms with van der Waals surface area (Å²) in [5.74, 6) is 0. The Bertz CT molecular complexity index is 754. The number of hydrogen-bond donors (Lipinski definition) is 1. The maximum absolute atomic E-state index is 4.27. The van der Waals surface area contributed by atoms with Gasteiger partial charge in [-0.25, -0.2) is 4.68 Å². The molecule has 0 amide bonds. The van der Waals surface area contributed by atoms with E-state index in [0.717, 1.165) is 28.8 Å². The van der Waals surface area contributed by atoms with E-state index in [9.17, 15) is 0 Å². The number of pyridine rings is 1. The Morgan fingerprint density at radius 2 is 1.95 bits per heavy atom. The number of rotatable bonds is 3. The van der Waals surface area contributed by atoms with E-state index in [1.54, 1.807) is 0 Å². The number of nitrogens with zero attached hydrogens (tertiary/aromatic N) is 4. The molecule has 3 aromatic rings. The monoisotopic (exact) mass is 281 g/mol. The molecule has 0 aliphatic heterocycles. The lowest BCUT2D eigenvalue weighted by Crippen LogP contribution is -2.35. The maximum Gasteiger partial charge on any atom is 0.113 e. The number of aromatic nitrogens is 4. The van der Waals surface area contributed by atoms with Crippen molar-refractivity contribution in [3.05, 3.63) is 48.3 Å². The molecule has 5 heteroatoms. The second kappa shape index (κ2) is 5.26. The van der Waals surface area contributed by atoms with Gasteiger partial charge in [0.15, 0.2) is 0 Å². The van der Waals surface area contributed by atoms with Crippen molar-refractivity contribution in [2.75, 3.05) is 0 Å². The van der Waals surface area contributed by atoms with Crippen LogP contribution in [0.5, 0.6) is 0 Å². The Labute approximate surface area is 124 Å². The van der Waals surface area contributed by atoms with Gasteiger partial charge < -0.3 is 5.32 Å². The lowest BCUT2D eigenvalue weighted by molar-refractivity contribution is 0.423. The van der Waals surface area contributed by atoms with Crippen LogP contribution in [-0.4, -0.2) is 25.5 Å². The normalized spacial score (nSPS) is 12.0. The second-order valence-electron chi connectivity index (χ2n) is 6.10. The highest BCUT2D eigenvalue weighted by atomic mass is 15.4. The lowest BCUT2D eigenvalue weighted by atomic mass is 10.1. The minimum atomic E-state index is 0.0605. The van der Waals surface area contributed by atoms with Gasteiger partial charge >= 0.3 is 0 Å². The Balaban J connectivity index is 2.02. The molecule has 0 bridgehead atoms. The summed E-state index contributed by atoms with van der Waals surface area (Å²) in [7, 11) is 0. The van der Waals surface area contributed by atoms with E-state index in [1.165, 1.54) is 0 Å². The molecule has 1 aromatic carbocycles. The topological polar surface area (TPSA) is 55.6 Å². The van der Waals surface area contributed by atoms with Crippen molar-refractivity contribution in [3.8, 4) is 5.69 Å². The Kier molecular flexibility index (Phi) is 3.43. The smallest absolute Gasteiger partial charge is 0.113 e. The summed E-state index contributed by atoms with van der Waals surface area (Å²) in [4.78, 5) is 4.24. The van der Waals surface area contributed by atoms with E-state index < -0.39 is 0 Å². The van der Waals surface area contributed by atoms with Crippen LogP contribution in [0.4, 0.5) is 0 Å². The van der Waals surface area contributed by atoms with Gasteiger partial charge in [-0.2, -0.15) is 0 Å². The zero-order valence-corrected chi connectivity index (χ0v) is 12.5. The first-order valence-corrected chi connectivity index (χ1v) is 7.03. The van der Waals surface area contributed by atoms with Crippen molar-refractivity contribution in [2.24, 2.45) is 0 Å². The number of benzene rings is 1. The van der Waals surface area contributed by atoms with E-state index in [-0.39, 0.29) is 5.54 Å². The highest BCUT2D eigenvalue weighted by molar-refractivity contribution is 5.76. The first-order chi connectivity index (χ1) is 10.0. The quantitative estimate of drug-likeness (QED) is 0.802. The predicted octanol–water partition coefficient (Wildman–Crippen LogP) is 2.70. The maximum atomic E-state index is 4.27. The number of hydrogen-bond acceptors (Lipinski definition) is 4. The van der Waals surface area contributed by atoms with Crippen molar-refractivity contribution >= 4 is 11.0 Å². The van der Waals surface area contributed by atoms with Crippen molar-refractivity contribution in [2.45, 2.75) is 32.9 Å². The van der Waals surface area contributed by atoms with E-state index in [2.05, 4.69) is 41.4 Å². The Hall–Kier alpha value is -2.27. The molecule has 0 spiro atoms. The van der Waals surface area contributed by atoms with Crippen LogP contribution in [0.25, 0.3) is 16.7 Å². The number of nitrogens with one attached hydrogen (secondary N) is 1. The standard InChI is InChI=1S/C16H19N5/c1-16(2,3)18-10-12-8-9-17-11-15(12)21-14-7-5-4-6-13(14)19-20-21/h4-9,11,18H,10H2,1-3H3. The summed E-state index contributed by atoms with van der Waals surface area (Å²) in [6.45, 7) is 7.21. The van der Waals surface area contributed by atoms with Crippen molar-refractivity contribution < 1.29 is 0 Å². The molecular formula is C16H19N5. The molecule has 0 aliphatic rings. The molecule has 108 valence electrons. The summed E-state index contributed by atoms with van der Waals surface area (Å²) in [6, 6.07) is 9.95. The van der Waals surface area contributed by atoms with Gasteiger partial charge in [0.25, 0.3) is 0 Å². The highest BCUT2D eigenvalue weighted by Crippen LogP contribution is 2.19. The largest absolute Gasteiger partial charge is 0.308 e. The Morgan fingerprint density at radius 1 is 1.14 bits per heavy atom. The zero-order valence-electron chi connectivity index (χ0n) is 12.5. The summed E-state index contributed by atoms with van der Waals surface area (Å²) in [5.41, 5.74) is 4.04. The fraction of sp³-hybridized carbons (Fsp3) is 0.312. The lowest BCUT2D eigenvalue weighted by Gasteiger charge is -2.21. The van der Waals surface area contributed by atoms with Crippen LogP contribution in [0.15, 0.2) is 42.7 Å². The SMILES string of the molecule is CC(C)(C)NCc1ccncc1-n1nnc2ccccc21. The van der Waals surface area contributed by atoms with Gasteiger partial charge in [-0.3, -0.25) is 4.98 Å². The molecule has 0 fully saturated rings. The zero-order chi connectivity index (χ0) is 14.9. The molecule has 0 unspecified atom stereocenters. The van der Waals surface area contributed by atoms with Gasteiger partial charge in [-0.1, -0.05) is 17.3 Å². The number of para-hydroxylation sites is 1. The van der Waals surface area contributed by atoms with Crippen molar-refractivity contribution in [1.29, 1.82) is 0 Å². The van der Waals surface area contributed by atoms with Crippen molar-refractivity contribution in [3.63, 3.8) is 0 Å². The molecule has 3 rings (SSSR count). The van der Waals surface area contributed by atoms with Crippen LogP contribution in [0.3, 0.4) is 0 Å². The average molecular weight is 281 g/mol. The van der Waals surface area contributed by atoms with Gasteiger partial charge in [0.1, 0.15) is 5.52 Å². The third kappa shape index (κ3) is 2.92. The molecule has 0 aliphatic carbocycles. The second-order valence-corrected chi connectivity index (χ2v) is 6.10. The minimum Gasteiger partial charge on any atom is -0.308 e. The molecule has 0 saturated heterocycles. The van der Waals surface area contributed by atoms with Crippen LogP contribution in [-0.2, 0) is 6.54 Å². The van der Waals surface area contributed by atoms with Crippen LogP contribution in [0, 0.1) is 0 Å². The molecule has 2 aromatic heterocycles. The molecule has 1 N–H and O–H groups in total. The third-order valence-electron chi connectivity index (χ3n) is 3.28. The number of fused-ring (bicyclic) bond motifs is 1. The van der Waals surface area contributed by atoms with E-state index in [4.69, 9.17) is 0 Å². The molecule has 2 heterocycles. The molecule has 0 radical (unpaired) electrons. The van der Waals surface area contributed by atoms with Gasteiger partial charge in [-0.05, 0) is 44.5 Å². The van der Waals surface area contributed by atoms with Crippen LogP contribution < -0.4 is 5.32 Å². The molecule has 0 atom stereocenters. The molecular weight excluding hydrogens is 262 g/mol. The van der Waals surface area contributed by atoms with Gasteiger partial charge in [0.05, 0.1) is 17.4 Å². The van der Waals surface area contributed by atoms with Gasteiger partial charge in [0.2, 0.25) is 0 Å². The first-order valence-electron chi connectivity index (χ1n) is 7.03. The van der Waals surface area contributed by atoms with Crippen LogP contribution in [0.2, 0.25) is 0 Å². The van der Waals surface area contributed by atoms with Crippen molar-refractivity contribution in [1.82, 2.24) is 25.3 Å². The van der Waals surface area contributed by atoms with Gasteiger partial charge in [0, 0.05) is 18.3 Å². The van der Waals surface area contributed by atoms with E-state index in [1.807, 2.05) is 47.4 Å². The minimum absolute atomic E-state index is 0.0605. The molecule has 21 heavy (non-hydrogen) atoms. The average Bonchev–Trinajstić information content (AvgIpc) is 2.88. The van der Waals surface area contributed by atoms with Crippen LogP contribution in [0.1, 0.15) is 26.3 Å². The summed E-state index contributed by atoms with van der Waals surface area (Å²) in [5, 5.41) is 12.0. The molecule has 0 saturated carbocycles. The van der Waals surface area contributed by atoms with Crippen LogP contribution >= 0.6 is 0 Å². The fourth-order valence-corrected chi connectivity index (χ4v) is 2.16. The van der Waals surface area contributed by atoms with E-state index in [0.29, 0.717) is 0 Å². The first kappa shape index (κ1) is 13.7. The molecule has 5 nitrogen and oxygen atoms in total. The predicted molar refractivity (Wildman–Crippen MR) is 83.3 cm³/mol. The van der Waals surface area contributed by atoms with Gasteiger partial charge in [-0.15, -0.1) is 5.10 Å². The highest BCUT2D eigenvalue weighted by Gasteiger charge is 2.13. The fourth-order valence-electron chi connectivity index (χ4n) is 2.16. The Morgan fingerprint density at radius 3 is 2.76 bits per heavy atom. The van der Waals surface area contributed by atoms with E-state index >= 15 is 0 Å². The third-order valence-corrected chi connectivity index (χ3v) is 3.28. The summed E-state index contributed by atoms with van der Waals surface area (Å²) >= 11 is 0. The summed E-state index contributed by atoms with van der Waals surface area (Å²) < 4.78 is 1.85.